The van der Waals surface area contributed by atoms with E-state index in [9.17, 15) is 14.4 Å². The van der Waals surface area contributed by atoms with Gasteiger partial charge in [0.1, 0.15) is 6.54 Å². The third-order valence-corrected chi connectivity index (χ3v) is 3.56. The van der Waals surface area contributed by atoms with Crippen molar-refractivity contribution in [2.75, 3.05) is 65.9 Å². The number of ether oxygens (including phenoxy) is 4. The third-order valence-electron chi connectivity index (χ3n) is 3.56. The van der Waals surface area contributed by atoms with Gasteiger partial charge in [0.05, 0.1) is 52.9 Å². The van der Waals surface area contributed by atoms with Crippen LogP contribution in [0.3, 0.4) is 0 Å². The number of imide groups is 1. The smallest absolute Gasteiger partial charge is 0.254 e. The molecule has 0 radical (unpaired) electrons. The molecule has 1 aliphatic rings. The van der Waals surface area contributed by atoms with Crippen LogP contribution in [-0.2, 0) is 33.3 Å². The van der Waals surface area contributed by atoms with Crippen molar-refractivity contribution in [1.29, 1.82) is 0 Å². The van der Waals surface area contributed by atoms with Gasteiger partial charge >= 0.3 is 0 Å². The fourth-order valence-corrected chi connectivity index (χ4v) is 2.06. The van der Waals surface area contributed by atoms with Gasteiger partial charge in [0.2, 0.25) is 5.91 Å². The van der Waals surface area contributed by atoms with E-state index in [1.807, 2.05) is 6.92 Å². The summed E-state index contributed by atoms with van der Waals surface area (Å²) in [6.45, 7) is 9.62. The van der Waals surface area contributed by atoms with Crippen molar-refractivity contribution in [3.05, 3.63) is 24.3 Å². The van der Waals surface area contributed by atoms with Gasteiger partial charge in [0, 0.05) is 18.7 Å². The Morgan fingerprint density at radius 3 is 1.86 bits per heavy atom. The van der Waals surface area contributed by atoms with Crippen molar-refractivity contribution in [3.8, 4) is 0 Å². The predicted molar refractivity (Wildman–Crippen MR) is 102 cm³/mol. The number of nitrogens with one attached hydrogen (secondary N) is 1. The minimum Gasteiger partial charge on any atom is -0.379 e. The van der Waals surface area contributed by atoms with Gasteiger partial charge in [-0.1, -0.05) is 5.57 Å². The summed E-state index contributed by atoms with van der Waals surface area (Å²) < 4.78 is 21.4. The fourth-order valence-electron chi connectivity index (χ4n) is 2.06. The minimum atomic E-state index is -0.479. The molecule has 0 fully saturated rings. The molecule has 28 heavy (non-hydrogen) atoms. The number of carbonyl (C=O) groups is 3. The van der Waals surface area contributed by atoms with E-state index in [2.05, 4.69) is 11.9 Å². The quantitative estimate of drug-likeness (QED) is 0.210. The van der Waals surface area contributed by atoms with Crippen LogP contribution in [-0.4, -0.2) is 88.6 Å². The Morgan fingerprint density at radius 1 is 0.893 bits per heavy atom. The molecule has 158 valence electrons. The van der Waals surface area contributed by atoms with Gasteiger partial charge in [-0.05, 0) is 13.3 Å². The van der Waals surface area contributed by atoms with Crippen LogP contribution in [0, 0.1) is 0 Å². The van der Waals surface area contributed by atoms with Crippen LogP contribution in [0.4, 0.5) is 0 Å². The molecule has 0 bridgehead atoms. The van der Waals surface area contributed by atoms with E-state index in [1.165, 1.54) is 0 Å². The average Bonchev–Trinajstić information content (AvgIpc) is 2.96. The summed E-state index contributed by atoms with van der Waals surface area (Å²) in [6.07, 6.45) is 3.15. The van der Waals surface area contributed by atoms with Crippen molar-refractivity contribution < 1.29 is 33.3 Å². The Hall–Kier alpha value is -2.07. The Morgan fingerprint density at radius 2 is 1.36 bits per heavy atom. The summed E-state index contributed by atoms with van der Waals surface area (Å²) in [4.78, 5) is 35.2. The number of amides is 3. The van der Waals surface area contributed by atoms with Crippen molar-refractivity contribution >= 4 is 17.7 Å². The summed E-state index contributed by atoms with van der Waals surface area (Å²) >= 11 is 0. The Labute approximate surface area is 165 Å². The molecule has 0 aliphatic carbocycles. The first-order valence-electron chi connectivity index (χ1n) is 9.26. The molecule has 9 nitrogen and oxygen atoms in total. The van der Waals surface area contributed by atoms with E-state index in [0.717, 1.165) is 29.0 Å². The van der Waals surface area contributed by atoms with E-state index >= 15 is 0 Å². The minimum absolute atomic E-state index is 0.285. The topological polar surface area (TPSA) is 103 Å². The lowest BCUT2D eigenvalue weighted by Gasteiger charge is -2.13. The van der Waals surface area contributed by atoms with Crippen LogP contribution in [0.25, 0.3) is 0 Å². The van der Waals surface area contributed by atoms with Crippen molar-refractivity contribution in [3.63, 3.8) is 0 Å². The van der Waals surface area contributed by atoms with E-state index in [1.54, 1.807) is 0 Å². The number of hydrogen-bond donors (Lipinski definition) is 1. The first kappa shape index (κ1) is 24.0. The normalized spacial score (nSPS) is 13.4. The first-order valence-corrected chi connectivity index (χ1v) is 9.26. The third kappa shape index (κ3) is 11.6. The summed E-state index contributed by atoms with van der Waals surface area (Å²) in [7, 11) is 0. The highest BCUT2D eigenvalue weighted by molar-refractivity contribution is 6.14. The molecule has 0 saturated heterocycles. The van der Waals surface area contributed by atoms with Gasteiger partial charge in [0.15, 0.2) is 0 Å². The van der Waals surface area contributed by atoms with Crippen molar-refractivity contribution in [2.45, 2.75) is 13.3 Å². The zero-order chi connectivity index (χ0) is 20.6. The van der Waals surface area contributed by atoms with Gasteiger partial charge in [0.25, 0.3) is 11.8 Å². The molecule has 0 aromatic rings. The second-order valence-corrected chi connectivity index (χ2v) is 6.10. The molecule has 0 saturated carbocycles. The van der Waals surface area contributed by atoms with E-state index in [0.29, 0.717) is 52.9 Å². The van der Waals surface area contributed by atoms with Crippen LogP contribution >= 0.6 is 0 Å². The molecule has 1 heterocycles. The number of rotatable bonds is 17. The largest absolute Gasteiger partial charge is 0.379 e. The Balaban J connectivity index is 1.81. The predicted octanol–water partition coefficient (Wildman–Crippen LogP) is 0.0602. The molecular weight excluding hydrogens is 368 g/mol. The summed E-state index contributed by atoms with van der Waals surface area (Å²) in [5.74, 6) is -1.37. The molecule has 3 amide bonds. The van der Waals surface area contributed by atoms with Crippen LogP contribution in [0.5, 0.6) is 0 Å². The standard InChI is InChI=1S/C19H30N2O7/c1-16(2)5-7-25-9-11-27-13-14-28-12-10-26-8-6-20-17(22)15-21-18(23)3-4-19(21)24/h3-4H,1,5-15H2,2H3,(H,20,22). The summed E-state index contributed by atoms with van der Waals surface area (Å²) in [6, 6.07) is 0. The van der Waals surface area contributed by atoms with Gasteiger partial charge < -0.3 is 24.3 Å². The molecule has 0 spiro atoms. The maximum absolute atomic E-state index is 11.6. The van der Waals surface area contributed by atoms with Crippen LogP contribution < -0.4 is 5.32 Å². The highest BCUT2D eigenvalue weighted by atomic mass is 16.6. The van der Waals surface area contributed by atoms with Gasteiger partial charge in [-0.15, -0.1) is 6.58 Å². The maximum atomic E-state index is 11.6. The maximum Gasteiger partial charge on any atom is 0.254 e. The Bertz CT molecular complexity index is 530. The van der Waals surface area contributed by atoms with Gasteiger partial charge in [-0.2, -0.15) is 0 Å². The molecule has 1 N–H and O–H groups in total. The summed E-state index contributed by atoms with van der Waals surface area (Å²) in [5.41, 5.74) is 1.10. The molecular formula is C19H30N2O7. The fraction of sp³-hybridized carbons (Fsp3) is 0.632. The second-order valence-electron chi connectivity index (χ2n) is 6.10. The monoisotopic (exact) mass is 398 g/mol. The zero-order valence-electron chi connectivity index (χ0n) is 16.4. The van der Waals surface area contributed by atoms with Gasteiger partial charge in [-0.25, -0.2) is 0 Å². The highest BCUT2D eigenvalue weighted by Gasteiger charge is 2.25. The summed E-state index contributed by atoms with van der Waals surface area (Å²) in [5, 5.41) is 2.58. The molecule has 0 aromatic heterocycles. The van der Waals surface area contributed by atoms with Crippen LogP contribution in [0.1, 0.15) is 13.3 Å². The number of hydrogen-bond acceptors (Lipinski definition) is 7. The van der Waals surface area contributed by atoms with E-state index in [-0.39, 0.29) is 13.1 Å². The zero-order valence-corrected chi connectivity index (χ0v) is 16.4. The molecule has 0 aromatic carbocycles. The molecule has 9 heteroatoms. The molecule has 1 aliphatic heterocycles. The SMILES string of the molecule is C=C(C)CCOCCOCCOCCOCCNC(=O)CN1C(=O)C=CC1=O. The van der Waals surface area contributed by atoms with Gasteiger partial charge in [-0.3, -0.25) is 19.3 Å². The number of nitrogens with zero attached hydrogens (tertiary/aromatic N) is 1. The number of carbonyl (C=O) groups excluding carboxylic acids is 3. The van der Waals surface area contributed by atoms with Crippen LogP contribution in [0.2, 0.25) is 0 Å². The lowest BCUT2D eigenvalue weighted by Crippen LogP contribution is -2.41. The highest BCUT2D eigenvalue weighted by Crippen LogP contribution is 2.02. The second kappa shape index (κ2) is 14.9. The average molecular weight is 398 g/mol. The molecule has 0 atom stereocenters. The molecule has 1 rings (SSSR count). The van der Waals surface area contributed by atoms with Crippen molar-refractivity contribution in [1.82, 2.24) is 10.2 Å². The molecule has 0 unspecified atom stereocenters. The lowest BCUT2D eigenvalue weighted by molar-refractivity contribution is -0.141. The van der Waals surface area contributed by atoms with E-state index in [4.69, 9.17) is 18.9 Å². The first-order chi connectivity index (χ1) is 13.5. The van der Waals surface area contributed by atoms with E-state index < -0.39 is 17.7 Å². The van der Waals surface area contributed by atoms with Crippen LogP contribution in [0.15, 0.2) is 24.3 Å². The Kier molecular flexibility index (Phi) is 12.8. The lowest BCUT2D eigenvalue weighted by atomic mass is 10.3. The van der Waals surface area contributed by atoms with Crippen molar-refractivity contribution in [2.24, 2.45) is 0 Å².